The number of para-hydroxylation sites is 1. The summed E-state index contributed by atoms with van der Waals surface area (Å²) in [6.07, 6.45) is 7.33. The zero-order valence-corrected chi connectivity index (χ0v) is 15.3. The van der Waals surface area contributed by atoms with Crippen LogP contribution in [0.2, 0.25) is 0 Å². The van der Waals surface area contributed by atoms with Crippen molar-refractivity contribution in [1.29, 1.82) is 0 Å². The number of nitro groups is 1. The molecule has 1 N–H and O–H groups in total. The lowest BCUT2D eigenvalue weighted by molar-refractivity contribution is -0.385. The van der Waals surface area contributed by atoms with Crippen molar-refractivity contribution in [1.82, 2.24) is 0 Å². The van der Waals surface area contributed by atoms with Gasteiger partial charge in [0, 0.05) is 6.07 Å². The Kier molecular flexibility index (Phi) is 8.29. The number of benzene rings is 2. The van der Waals surface area contributed by atoms with Crippen LogP contribution in [-0.4, -0.2) is 22.6 Å². The van der Waals surface area contributed by atoms with E-state index in [9.17, 15) is 20.0 Å². The Morgan fingerprint density at radius 1 is 0.926 bits per heavy atom. The van der Waals surface area contributed by atoms with E-state index in [-0.39, 0.29) is 23.6 Å². The van der Waals surface area contributed by atoms with Crippen molar-refractivity contribution >= 4 is 11.7 Å². The van der Waals surface area contributed by atoms with Crippen LogP contribution < -0.4 is 4.74 Å². The van der Waals surface area contributed by atoms with Gasteiger partial charge in [-0.2, -0.15) is 0 Å². The maximum atomic E-state index is 11.2. The number of rotatable bonds is 12. The first-order valence-electron chi connectivity index (χ1n) is 9.27. The fourth-order valence-electron chi connectivity index (χ4n) is 2.95. The number of ether oxygens (including phenoxy) is 1. The molecule has 2 rings (SSSR count). The number of unbranched alkanes of at least 4 members (excludes halogenated alkanes) is 5. The van der Waals surface area contributed by atoms with Gasteiger partial charge in [-0.15, -0.1) is 0 Å². The zero-order valence-electron chi connectivity index (χ0n) is 15.3. The summed E-state index contributed by atoms with van der Waals surface area (Å²) in [5, 5.41) is 20.2. The molecule has 0 radical (unpaired) electrons. The van der Waals surface area contributed by atoms with Gasteiger partial charge in [-0.1, -0.05) is 62.1 Å². The van der Waals surface area contributed by atoms with Crippen LogP contribution in [-0.2, 0) is 6.42 Å². The molecule has 0 aromatic heterocycles. The molecule has 27 heavy (non-hydrogen) atoms. The molecule has 0 atom stereocenters. The fourth-order valence-corrected chi connectivity index (χ4v) is 2.95. The second-order valence-corrected chi connectivity index (χ2v) is 6.42. The van der Waals surface area contributed by atoms with Gasteiger partial charge in [0.25, 0.3) is 0 Å². The first-order chi connectivity index (χ1) is 13.1. The van der Waals surface area contributed by atoms with Crippen LogP contribution >= 0.6 is 0 Å². The molecule has 0 aliphatic heterocycles. The molecule has 0 unspecified atom stereocenters. The normalized spacial score (nSPS) is 10.5. The zero-order chi connectivity index (χ0) is 19.5. The average Bonchev–Trinajstić information content (AvgIpc) is 2.67. The lowest BCUT2D eigenvalue weighted by Gasteiger charge is -2.09. The average molecular weight is 371 g/mol. The second kappa shape index (κ2) is 11.0. The van der Waals surface area contributed by atoms with Crippen molar-refractivity contribution in [2.75, 3.05) is 6.61 Å². The van der Waals surface area contributed by atoms with Gasteiger partial charge >= 0.3 is 11.7 Å². The summed E-state index contributed by atoms with van der Waals surface area (Å²) in [6.45, 7) is 0.273. The van der Waals surface area contributed by atoms with Crippen molar-refractivity contribution in [3.05, 3.63) is 69.8 Å². The van der Waals surface area contributed by atoms with E-state index in [1.807, 2.05) is 6.07 Å². The van der Waals surface area contributed by atoms with E-state index in [1.165, 1.54) is 36.6 Å². The highest BCUT2D eigenvalue weighted by atomic mass is 16.6. The van der Waals surface area contributed by atoms with Crippen LogP contribution in [0.5, 0.6) is 5.75 Å². The standard InChI is InChI=1S/C21H25NO5/c23-21(24)18-14-10-15-19(22(25)26)20(18)27-16-9-4-2-1-3-6-11-17-12-7-5-8-13-17/h5,7-8,10,12-15H,1-4,6,9,11,16H2,(H,23,24). The minimum absolute atomic E-state index is 0.155. The summed E-state index contributed by atoms with van der Waals surface area (Å²) in [5.74, 6) is -1.38. The predicted octanol–water partition coefficient (Wildman–Crippen LogP) is 5.26. The number of carboxylic acids is 1. The summed E-state index contributed by atoms with van der Waals surface area (Å²) in [7, 11) is 0. The van der Waals surface area contributed by atoms with Crippen LogP contribution in [0.25, 0.3) is 0 Å². The minimum Gasteiger partial charge on any atom is -0.486 e. The van der Waals surface area contributed by atoms with Gasteiger partial charge < -0.3 is 9.84 Å². The number of aromatic carboxylic acids is 1. The van der Waals surface area contributed by atoms with Crippen molar-refractivity contribution in [3.63, 3.8) is 0 Å². The number of hydrogen-bond acceptors (Lipinski definition) is 4. The van der Waals surface area contributed by atoms with E-state index in [0.717, 1.165) is 32.1 Å². The monoisotopic (exact) mass is 371 g/mol. The highest BCUT2D eigenvalue weighted by Crippen LogP contribution is 2.31. The van der Waals surface area contributed by atoms with E-state index in [4.69, 9.17) is 4.74 Å². The van der Waals surface area contributed by atoms with E-state index >= 15 is 0 Å². The molecule has 6 heteroatoms. The van der Waals surface area contributed by atoms with E-state index in [0.29, 0.717) is 0 Å². The highest BCUT2D eigenvalue weighted by molar-refractivity contribution is 5.92. The van der Waals surface area contributed by atoms with E-state index in [2.05, 4.69) is 24.3 Å². The van der Waals surface area contributed by atoms with E-state index in [1.54, 1.807) is 0 Å². The molecular formula is C21H25NO5. The van der Waals surface area contributed by atoms with Crippen LogP contribution in [0, 0.1) is 10.1 Å². The predicted molar refractivity (Wildman–Crippen MR) is 103 cm³/mol. The van der Waals surface area contributed by atoms with Crippen molar-refractivity contribution < 1.29 is 19.6 Å². The third-order valence-corrected chi connectivity index (χ3v) is 4.37. The van der Waals surface area contributed by atoms with Crippen molar-refractivity contribution in [2.45, 2.75) is 44.9 Å². The summed E-state index contributed by atoms with van der Waals surface area (Å²) in [6, 6.07) is 14.4. The molecule has 0 bridgehead atoms. The van der Waals surface area contributed by atoms with Gasteiger partial charge in [0.15, 0.2) is 0 Å². The number of hydrogen-bond donors (Lipinski definition) is 1. The number of aryl methyl sites for hydroxylation is 1. The molecule has 0 aliphatic carbocycles. The number of nitrogens with zero attached hydrogens (tertiary/aromatic N) is 1. The fraction of sp³-hybridized carbons (Fsp3) is 0.381. The van der Waals surface area contributed by atoms with Crippen molar-refractivity contribution in [3.8, 4) is 5.75 Å². The topological polar surface area (TPSA) is 89.7 Å². The molecule has 2 aromatic rings. The summed E-state index contributed by atoms with van der Waals surface area (Å²) < 4.78 is 5.45. The van der Waals surface area contributed by atoms with Crippen molar-refractivity contribution in [2.24, 2.45) is 0 Å². The molecule has 144 valence electrons. The van der Waals surface area contributed by atoms with Crippen LogP contribution in [0.15, 0.2) is 48.5 Å². The Morgan fingerprint density at radius 3 is 2.26 bits per heavy atom. The first kappa shape index (κ1) is 20.4. The molecule has 0 amide bonds. The Labute approximate surface area is 158 Å². The third kappa shape index (κ3) is 6.73. The van der Waals surface area contributed by atoms with Gasteiger partial charge in [-0.3, -0.25) is 10.1 Å². The molecule has 0 heterocycles. The quantitative estimate of drug-likeness (QED) is 0.312. The van der Waals surface area contributed by atoms with Gasteiger partial charge in [0.05, 0.1) is 11.5 Å². The molecule has 0 fully saturated rings. The molecule has 0 saturated heterocycles. The maximum absolute atomic E-state index is 11.2. The largest absolute Gasteiger partial charge is 0.486 e. The lowest BCUT2D eigenvalue weighted by atomic mass is 10.1. The summed E-state index contributed by atoms with van der Waals surface area (Å²) in [5.41, 5.74) is 0.880. The molecule has 6 nitrogen and oxygen atoms in total. The Hall–Kier alpha value is -2.89. The molecule has 0 spiro atoms. The third-order valence-electron chi connectivity index (χ3n) is 4.37. The second-order valence-electron chi connectivity index (χ2n) is 6.42. The Morgan fingerprint density at radius 2 is 1.59 bits per heavy atom. The SMILES string of the molecule is O=C(O)c1cccc([N+](=O)[O-])c1OCCCCCCCCc1ccccc1. The smallest absolute Gasteiger partial charge is 0.339 e. The van der Waals surface area contributed by atoms with Crippen LogP contribution in [0.1, 0.15) is 54.4 Å². The Bertz CT molecular complexity index is 713. The number of carboxylic acid groups (broad SMARTS) is 1. The summed E-state index contributed by atoms with van der Waals surface area (Å²) >= 11 is 0. The van der Waals surface area contributed by atoms with Gasteiger partial charge in [-0.25, -0.2) is 4.79 Å². The molecular weight excluding hydrogens is 346 g/mol. The van der Waals surface area contributed by atoms with Crippen LogP contribution in [0.4, 0.5) is 5.69 Å². The van der Waals surface area contributed by atoms with Gasteiger partial charge in [0.1, 0.15) is 5.56 Å². The molecule has 0 saturated carbocycles. The maximum Gasteiger partial charge on any atom is 0.339 e. The number of nitro benzene ring substituents is 1. The molecule has 2 aromatic carbocycles. The van der Waals surface area contributed by atoms with Gasteiger partial charge in [0.2, 0.25) is 5.75 Å². The lowest BCUT2D eigenvalue weighted by Crippen LogP contribution is -2.07. The first-order valence-corrected chi connectivity index (χ1v) is 9.27. The highest BCUT2D eigenvalue weighted by Gasteiger charge is 2.22. The Balaban J connectivity index is 1.65. The molecule has 0 aliphatic rings. The summed E-state index contributed by atoms with van der Waals surface area (Å²) in [4.78, 5) is 21.7. The van der Waals surface area contributed by atoms with E-state index < -0.39 is 10.9 Å². The number of carbonyl (C=O) groups is 1. The minimum atomic E-state index is -1.23. The van der Waals surface area contributed by atoms with Gasteiger partial charge in [-0.05, 0) is 30.9 Å². The van der Waals surface area contributed by atoms with Crippen LogP contribution in [0.3, 0.4) is 0 Å².